The van der Waals surface area contributed by atoms with Crippen LogP contribution in [-0.2, 0) is 9.53 Å². The van der Waals surface area contributed by atoms with Crippen molar-refractivity contribution >= 4 is 17.5 Å². The minimum absolute atomic E-state index is 0.0238. The molecule has 0 atom stereocenters. The second kappa shape index (κ2) is 10.8. The zero-order valence-electron chi connectivity index (χ0n) is 8.85. The fourth-order valence-electron chi connectivity index (χ4n) is 0.984. The largest absolute Gasteiger partial charge is 0.372 e. The molecule has 0 radical (unpaired) electrons. The molecule has 0 heterocycles. The van der Waals surface area contributed by atoms with E-state index in [2.05, 4.69) is 5.32 Å². The molecule has 0 spiro atoms. The van der Waals surface area contributed by atoms with Crippen LogP contribution in [0.3, 0.4) is 0 Å². The number of carbonyl (C=O) groups is 1. The molecule has 0 aromatic carbocycles. The van der Waals surface area contributed by atoms with Crippen LogP contribution in [-0.4, -0.2) is 31.5 Å². The Kier molecular flexibility index (Phi) is 10.6. The zero-order valence-corrected chi connectivity index (χ0v) is 9.61. The molecular weight excluding hydrogens is 202 g/mol. The highest BCUT2D eigenvalue weighted by Gasteiger charge is 1.98. The Balaban J connectivity index is 3.10. The van der Waals surface area contributed by atoms with Gasteiger partial charge in [0, 0.05) is 19.0 Å². The third-order valence-electron chi connectivity index (χ3n) is 1.71. The first-order chi connectivity index (χ1) is 6.81. The molecule has 4 heteroatoms. The van der Waals surface area contributed by atoms with E-state index in [0.29, 0.717) is 12.5 Å². The number of alkyl halides is 1. The summed E-state index contributed by atoms with van der Waals surface area (Å²) in [5, 5.41) is 2.79. The predicted octanol–water partition coefficient (Wildman–Crippen LogP) is 1.94. The molecule has 14 heavy (non-hydrogen) atoms. The first kappa shape index (κ1) is 13.7. The first-order valence-corrected chi connectivity index (χ1v) is 5.75. The SMILES string of the molecule is CCCOCC(=O)NCCCCCCl. The Morgan fingerprint density at radius 2 is 2.14 bits per heavy atom. The van der Waals surface area contributed by atoms with Crippen LogP contribution in [0.1, 0.15) is 32.6 Å². The van der Waals surface area contributed by atoms with Crippen molar-refractivity contribution < 1.29 is 9.53 Å². The molecule has 0 saturated heterocycles. The fourth-order valence-corrected chi connectivity index (χ4v) is 1.17. The van der Waals surface area contributed by atoms with E-state index in [1.165, 1.54) is 0 Å². The van der Waals surface area contributed by atoms with Crippen LogP contribution < -0.4 is 5.32 Å². The Bertz CT molecular complexity index is 142. The number of rotatable bonds is 9. The Morgan fingerprint density at radius 3 is 2.79 bits per heavy atom. The summed E-state index contributed by atoms with van der Waals surface area (Å²) < 4.78 is 5.09. The maximum atomic E-state index is 11.1. The smallest absolute Gasteiger partial charge is 0.245 e. The highest BCUT2D eigenvalue weighted by atomic mass is 35.5. The molecule has 0 bridgehead atoms. The van der Waals surface area contributed by atoms with E-state index in [4.69, 9.17) is 16.3 Å². The standard InChI is InChI=1S/C10H20ClNO2/c1-2-8-14-9-10(13)12-7-5-3-4-6-11/h2-9H2,1H3,(H,12,13). The van der Waals surface area contributed by atoms with Gasteiger partial charge in [-0.25, -0.2) is 0 Å². The Hall–Kier alpha value is -0.280. The van der Waals surface area contributed by atoms with Crippen LogP contribution in [0.5, 0.6) is 0 Å². The van der Waals surface area contributed by atoms with Gasteiger partial charge in [0.1, 0.15) is 6.61 Å². The summed E-state index contributed by atoms with van der Waals surface area (Å²) >= 11 is 5.52. The molecule has 0 aromatic heterocycles. The summed E-state index contributed by atoms with van der Waals surface area (Å²) in [4.78, 5) is 11.1. The molecule has 1 amide bonds. The summed E-state index contributed by atoms with van der Waals surface area (Å²) in [5.41, 5.74) is 0. The average molecular weight is 222 g/mol. The summed E-state index contributed by atoms with van der Waals surface area (Å²) in [6, 6.07) is 0. The van der Waals surface area contributed by atoms with Crippen LogP contribution in [0.25, 0.3) is 0 Å². The lowest BCUT2D eigenvalue weighted by Crippen LogP contribution is -2.28. The second-order valence-corrected chi connectivity index (χ2v) is 3.53. The normalized spacial score (nSPS) is 10.1. The molecule has 1 N–H and O–H groups in total. The summed E-state index contributed by atoms with van der Waals surface area (Å²) in [7, 11) is 0. The zero-order chi connectivity index (χ0) is 10.6. The quantitative estimate of drug-likeness (QED) is 0.477. The van der Waals surface area contributed by atoms with Crippen molar-refractivity contribution in [2.75, 3.05) is 25.6 Å². The van der Waals surface area contributed by atoms with Gasteiger partial charge in [0.15, 0.2) is 0 Å². The van der Waals surface area contributed by atoms with Crippen LogP contribution >= 0.6 is 11.6 Å². The van der Waals surface area contributed by atoms with Crippen molar-refractivity contribution in [1.82, 2.24) is 5.32 Å². The van der Waals surface area contributed by atoms with Crippen molar-refractivity contribution in [3.8, 4) is 0 Å². The van der Waals surface area contributed by atoms with Gasteiger partial charge in [-0.2, -0.15) is 0 Å². The predicted molar refractivity (Wildman–Crippen MR) is 58.7 cm³/mol. The van der Waals surface area contributed by atoms with Crippen LogP contribution in [0.4, 0.5) is 0 Å². The number of amides is 1. The number of nitrogens with one attached hydrogen (secondary N) is 1. The van der Waals surface area contributed by atoms with E-state index in [1.54, 1.807) is 0 Å². The van der Waals surface area contributed by atoms with Gasteiger partial charge < -0.3 is 10.1 Å². The molecule has 0 saturated carbocycles. The van der Waals surface area contributed by atoms with Gasteiger partial charge in [-0.05, 0) is 19.3 Å². The van der Waals surface area contributed by atoms with E-state index in [0.717, 1.165) is 32.2 Å². The van der Waals surface area contributed by atoms with E-state index in [9.17, 15) is 4.79 Å². The van der Waals surface area contributed by atoms with Gasteiger partial charge in [-0.15, -0.1) is 11.6 Å². The Morgan fingerprint density at radius 1 is 1.36 bits per heavy atom. The van der Waals surface area contributed by atoms with E-state index in [-0.39, 0.29) is 12.5 Å². The number of ether oxygens (including phenoxy) is 1. The molecule has 0 fully saturated rings. The van der Waals surface area contributed by atoms with E-state index in [1.807, 2.05) is 6.92 Å². The lowest BCUT2D eigenvalue weighted by molar-refractivity contribution is -0.125. The second-order valence-electron chi connectivity index (χ2n) is 3.15. The number of hydrogen-bond acceptors (Lipinski definition) is 2. The van der Waals surface area contributed by atoms with Gasteiger partial charge >= 0.3 is 0 Å². The average Bonchev–Trinajstić information content (AvgIpc) is 2.18. The van der Waals surface area contributed by atoms with E-state index >= 15 is 0 Å². The molecule has 0 rings (SSSR count). The summed E-state index contributed by atoms with van der Waals surface area (Å²) in [6.45, 7) is 3.58. The lowest BCUT2D eigenvalue weighted by Gasteiger charge is -2.04. The van der Waals surface area contributed by atoms with Crippen LogP contribution in [0.15, 0.2) is 0 Å². The maximum Gasteiger partial charge on any atom is 0.245 e. The molecule has 0 aliphatic heterocycles. The molecule has 3 nitrogen and oxygen atoms in total. The molecular formula is C10H20ClNO2. The first-order valence-electron chi connectivity index (χ1n) is 5.21. The van der Waals surface area contributed by atoms with Crippen molar-refractivity contribution in [2.45, 2.75) is 32.6 Å². The number of halogens is 1. The third kappa shape index (κ3) is 9.81. The molecule has 0 aliphatic carbocycles. The molecule has 0 aromatic rings. The van der Waals surface area contributed by atoms with Gasteiger partial charge in [0.25, 0.3) is 0 Å². The molecule has 84 valence electrons. The highest BCUT2D eigenvalue weighted by Crippen LogP contribution is 1.95. The third-order valence-corrected chi connectivity index (χ3v) is 1.98. The van der Waals surface area contributed by atoms with Crippen LogP contribution in [0.2, 0.25) is 0 Å². The fraction of sp³-hybridized carbons (Fsp3) is 0.900. The van der Waals surface area contributed by atoms with Crippen molar-refractivity contribution in [2.24, 2.45) is 0 Å². The van der Waals surface area contributed by atoms with Crippen LogP contribution in [0, 0.1) is 0 Å². The van der Waals surface area contributed by atoms with Gasteiger partial charge in [0.2, 0.25) is 5.91 Å². The minimum Gasteiger partial charge on any atom is -0.372 e. The van der Waals surface area contributed by atoms with Crippen molar-refractivity contribution in [3.05, 3.63) is 0 Å². The minimum atomic E-state index is -0.0238. The van der Waals surface area contributed by atoms with Crippen molar-refractivity contribution in [3.63, 3.8) is 0 Å². The summed E-state index contributed by atoms with van der Waals surface area (Å²) in [5.74, 6) is 0.678. The Labute approximate surface area is 91.2 Å². The number of unbranched alkanes of at least 4 members (excludes halogenated alkanes) is 2. The maximum absolute atomic E-state index is 11.1. The number of carbonyl (C=O) groups excluding carboxylic acids is 1. The monoisotopic (exact) mass is 221 g/mol. The van der Waals surface area contributed by atoms with Gasteiger partial charge in [-0.3, -0.25) is 4.79 Å². The topological polar surface area (TPSA) is 38.3 Å². The summed E-state index contributed by atoms with van der Waals surface area (Å²) in [6.07, 6.45) is 4.03. The molecule has 0 unspecified atom stereocenters. The highest BCUT2D eigenvalue weighted by molar-refractivity contribution is 6.17. The molecule has 0 aliphatic rings. The van der Waals surface area contributed by atoms with E-state index < -0.39 is 0 Å². The lowest BCUT2D eigenvalue weighted by atomic mass is 10.2. The van der Waals surface area contributed by atoms with Crippen molar-refractivity contribution in [1.29, 1.82) is 0 Å². The van der Waals surface area contributed by atoms with Gasteiger partial charge in [-0.1, -0.05) is 13.3 Å². The number of hydrogen-bond donors (Lipinski definition) is 1. The van der Waals surface area contributed by atoms with Gasteiger partial charge in [0.05, 0.1) is 0 Å².